The number of ether oxygens (including phenoxy) is 1. The van der Waals surface area contributed by atoms with E-state index in [1.807, 2.05) is 0 Å². The van der Waals surface area contributed by atoms with Crippen molar-refractivity contribution < 1.29 is 17.7 Å². The zero-order valence-corrected chi connectivity index (χ0v) is 7.93. The maximum Gasteiger partial charge on any atom is 0.511 e. The van der Waals surface area contributed by atoms with Gasteiger partial charge < -0.3 is 17.7 Å². The van der Waals surface area contributed by atoms with Crippen molar-refractivity contribution in [1.82, 2.24) is 4.98 Å². The SMILES string of the molecule is CCOc1cc(C)c([B-](F)(F)F)cn1. The Balaban J connectivity index is 3.02. The van der Waals surface area contributed by atoms with Crippen LogP contribution >= 0.6 is 0 Å². The molecule has 0 unspecified atom stereocenters. The van der Waals surface area contributed by atoms with Crippen LogP contribution in [0.15, 0.2) is 12.3 Å². The highest BCUT2D eigenvalue weighted by atomic mass is 19.4. The molecule has 0 saturated heterocycles. The van der Waals surface area contributed by atoms with E-state index >= 15 is 0 Å². The third kappa shape index (κ3) is 2.40. The summed E-state index contributed by atoms with van der Waals surface area (Å²) in [5.41, 5.74) is -0.510. The molecule has 0 aliphatic heterocycles. The molecule has 0 aromatic carbocycles. The van der Waals surface area contributed by atoms with E-state index in [0.29, 0.717) is 6.61 Å². The van der Waals surface area contributed by atoms with Gasteiger partial charge in [-0.2, -0.15) is 0 Å². The number of aryl methyl sites for hydroxylation is 1. The monoisotopic (exact) mass is 204 g/mol. The molecule has 1 heterocycles. The Hall–Kier alpha value is -1.20. The molecule has 78 valence electrons. The lowest BCUT2D eigenvalue weighted by molar-refractivity contribution is 0.326. The van der Waals surface area contributed by atoms with Crippen molar-refractivity contribution in [2.45, 2.75) is 13.8 Å². The molecule has 0 N–H and O–H groups in total. The smallest absolute Gasteiger partial charge is 0.478 e. The number of aromatic nitrogens is 1. The fourth-order valence-electron chi connectivity index (χ4n) is 1.11. The fraction of sp³-hybridized carbons (Fsp3) is 0.375. The van der Waals surface area contributed by atoms with Crippen LogP contribution in [-0.2, 0) is 0 Å². The molecule has 0 atom stereocenters. The predicted octanol–water partition coefficient (Wildman–Crippen LogP) is 1.84. The van der Waals surface area contributed by atoms with Crippen molar-refractivity contribution in [3.8, 4) is 5.88 Å². The van der Waals surface area contributed by atoms with E-state index in [2.05, 4.69) is 4.98 Å². The van der Waals surface area contributed by atoms with Crippen LogP contribution in [0.25, 0.3) is 0 Å². The van der Waals surface area contributed by atoms with E-state index in [4.69, 9.17) is 4.74 Å². The van der Waals surface area contributed by atoms with Crippen molar-refractivity contribution in [2.75, 3.05) is 6.61 Å². The Labute approximate surface area is 80.2 Å². The summed E-state index contributed by atoms with van der Waals surface area (Å²) in [6.07, 6.45) is 0.820. The number of hydrogen-bond acceptors (Lipinski definition) is 2. The Bertz CT molecular complexity index is 327. The van der Waals surface area contributed by atoms with Crippen LogP contribution < -0.4 is 10.2 Å². The van der Waals surface area contributed by atoms with Gasteiger partial charge in [0.25, 0.3) is 0 Å². The van der Waals surface area contributed by atoms with Crippen LogP contribution in [0, 0.1) is 6.92 Å². The van der Waals surface area contributed by atoms with Crippen molar-refractivity contribution in [2.24, 2.45) is 0 Å². The maximum atomic E-state index is 12.3. The number of rotatable bonds is 3. The van der Waals surface area contributed by atoms with E-state index in [1.54, 1.807) is 6.92 Å². The molecule has 1 aromatic rings. The van der Waals surface area contributed by atoms with Gasteiger partial charge in [-0.1, -0.05) is 11.0 Å². The van der Waals surface area contributed by atoms with Gasteiger partial charge in [-0.25, -0.2) is 4.98 Å². The van der Waals surface area contributed by atoms with Gasteiger partial charge in [0.15, 0.2) is 0 Å². The molecule has 0 amide bonds. The molecule has 0 aliphatic carbocycles. The van der Waals surface area contributed by atoms with Crippen molar-refractivity contribution >= 4 is 12.4 Å². The minimum absolute atomic E-state index is 0.149. The summed E-state index contributed by atoms with van der Waals surface area (Å²) < 4.78 is 42.0. The molecule has 6 heteroatoms. The van der Waals surface area contributed by atoms with Crippen LogP contribution in [-0.4, -0.2) is 18.6 Å². The largest absolute Gasteiger partial charge is 0.511 e. The van der Waals surface area contributed by atoms with Crippen molar-refractivity contribution in [3.05, 3.63) is 17.8 Å². The van der Waals surface area contributed by atoms with E-state index in [-0.39, 0.29) is 11.4 Å². The first-order valence-corrected chi connectivity index (χ1v) is 4.24. The highest BCUT2D eigenvalue weighted by molar-refractivity contribution is 6.73. The summed E-state index contributed by atoms with van der Waals surface area (Å²) in [5, 5.41) is 0. The van der Waals surface area contributed by atoms with Crippen LogP contribution in [0.3, 0.4) is 0 Å². The lowest BCUT2D eigenvalue weighted by Gasteiger charge is -2.17. The molecule has 14 heavy (non-hydrogen) atoms. The molecule has 0 radical (unpaired) electrons. The highest BCUT2D eigenvalue weighted by Gasteiger charge is 2.27. The normalized spacial score (nSPS) is 11.5. The van der Waals surface area contributed by atoms with Crippen LogP contribution in [0.1, 0.15) is 12.5 Å². The summed E-state index contributed by atoms with van der Waals surface area (Å²) in [7, 11) is 0. The lowest BCUT2D eigenvalue weighted by Crippen LogP contribution is -2.36. The van der Waals surface area contributed by atoms with Gasteiger partial charge in [0, 0.05) is 12.3 Å². The van der Waals surface area contributed by atoms with Crippen molar-refractivity contribution in [1.29, 1.82) is 0 Å². The maximum absolute atomic E-state index is 12.3. The van der Waals surface area contributed by atoms with Gasteiger partial charge in [-0.3, -0.25) is 0 Å². The van der Waals surface area contributed by atoms with Gasteiger partial charge in [-0.15, -0.1) is 0 Å². The highest BCUT2D eigenvalue weighted by Crippen LogP contribution is 2.14. The molecular formula is C8H10BF3NO-. The predicted molar refractivity (Wildman–Crippen MR) is 48.9 cm³/mol. The summed E-state index contributed by atoms with van der Waals surface area (Å²) in [6.45, 7) is -1.44. The first-order chi connectivity index (χ1) is 6.45. The second-order valence-electron chi connectivity index (χ2n) is 2.89. The Kier molecular flexibility index (Phi) is 3.03. The topological polar surface area (TPSA) is 22.1 Å². The van der Waals surface area contributed by atoms with Crippen molar-refractivity contribution in [3.63, 3.8) is 0 Å². The second kappa shape index (κ2) is 3.90. The van der Waals surface area contributed by atoms with E-state index < -0.39 is 12.4 Å². The van der Waals surface area contributed by atoms with Gasteiger partial charge in [0.05, 0.1) is 6.61 Å². The number of pyridine rings is 1. The summed E-state index contributed by atoms with van der Waals surface area (Å²) in [5.74, 6) is 0.230. The Morgan fingerprint density at radius 3 is 2.50 bits per heavy atom. The number of hydrogen-bond donors (Lipinski definition) is 0. The average Bonchev–Trinajstić information content (AvgIpc) is 2.02. The van der Waals surface area contributed by atoms with E-state index in [0.717, 1.165) is 6.20 Å². The summed E-state index contributed by atoms with van der Waals surface area (Å²) in [6, 6.07) is 1.30. The van der Waals surface area contributed by atoms with Gasteiger partial charge in [-0.05, 0) is 13.8 Å². The lowest BCUT2D eigenvalue weighted by atomic mass is 9.78. The molecule has 0 bridgehead atoms. The molecule has 0 saturated carbocycles. The second-order valence-corrected chi connectivity index (χ2v) is 2.89. The minimum atomic E-state index is -4.97. The quantitative estimate of drug-likeness (QED) is 0.700. The molecular weight excluding hydrogens is 194 g/mol. The Morgan fingerprint density at radius 2 is 2.07 bits per heavy atom. The number of halogens is 3. The zero-order chi connectivity index (χ0) is 10.8. The van der Waals surface area contributed by atoms with E-state index in [1.165, 1.54) is 13.0 Å². The van der Waals surface area contributed by atoms with Crippen LogP contribution in [0.2, 0.25) is 0 Å². The molecule has 1 aromatic heterocycles. The minimum Gasteiger partial charge on any atom is -0.478 e. The Morgan fingerprint density at radius 1 is 1.43 bits per heavy atom. The first-order valence-electron chi connectivity index (χ1n) is 4.24. The zero-order valence-electron chi connectivity index (χ0n) is 7.93. The molecule has 0 aliphatic rings. The standard InChI is InChI=1S/C8H10BF3NO/c1-3-14-8-4-6(2)7(5-13-8)9(10,11)12/h4-5H,3H2,1-2H3/q-1. The summed E-state index contributed by atoms with van der Waals surface area (Å²) >= 11 is 0. The van der Waals surface area contributed by atoms with Crippen LogP contribution in [0.4, 0.5) is 12.9 Å². The third-order valence-corrected chi connectivity index (χ3v) is 1.77. The fourth-order valence-corrected chi connectivity index (χ4v) is 1.11. The average molecular weight is 204 g/mol. The molecule has 0 spiro atoms. The summed E-state index contributed by atoms with van der Waals surface area (Å²) in [4.78, 5) is 3.57. The van der Waals surface area contributed by atoms with Gasteiger partial charge in [0.2, 0.25) is 5.88 Å². The van der Waals surface area contributed by atoms with Gasteiger partial charge in [0.1, 0.15) is 0 Å². The molecule has 1 rings (SSSR count). The van der Waals surface area contributed by atoms with Crippen LogP contribution in [0.5, 0.6) is 5.88 Å². The molecule has 0 fully saturated rings. The number of nitrogens with zero attached hydrogens (tertiary/aromatic N) is 1. The van der Waals surface area contributed by atoms with E-state index in [9.17, 15) is 12.9 Å². The van der Waals surface area contributed by atoms with Gasteiger partial charge >= 0.3 is 6.98 Å². The molecule has 2 nitrogen and oxygen atoms in total. The third-order valence-electron chi connectivity index (χ3n) is 1.77. The first kappa shape index (κ1) is 10.9.